The van der Waals surface area contributed by atoms with Gasteiger partial charge in [-0.25, -0.2) is 0 Å². The van der Waals surface area contributed by atoms with Crippen LogP contribution in [0.25, 0.3) is 0 Å². The molecule has 78 valence electrons. The third-order valence-electron chi connectivity index (χ3n) is 3.84. The Balaban J connectivity index is 2.79. The van der Waals surface area contributed by atoms with E-state index in [9.17, 15) is 5.11 Å². The molecule has 0 spiro atoms. The minimum atomic E-state index is -0.938. The monoisotopic (exact) mass is 186 g/mol. The smallest absolute Gasteiger partial charge is 0.165 e. The summed E-state index contributed by atoms with van der Waals surface area (Å²) < 4.78 is 5.67. The van der Waals surface area contributed by atoms with Crippen LogP contribution in [0.1, 0.15) is 41.0 Å². The molecule has 1 N–H and O–H groups in total. The zero-order chi connectivity index (χ0) is 10.2. The molecule has 0 bridgehead atoms. The molecule has 1 aliphatic heterocycles. The van der Waals surface area contributed by atoms with Gasteiger partial charge >= 0.3 is 0 Å². The lowest BCUT2D eigenvalue weighted by Crippen LogP contribution is -2.51. The molecule has 1 unspecified atom stereocenters. The van der Waals surface area contributed by atoms with Gasteiger partial charge in [-0.05, 0) is 25.2 Å². The van der Waals surface area contributed by atoms with Crippen LogP contribution in [0, 0.1) is 17.8 Å². The number of ether oxygens (including phenoxy) is 1. The fourth-order valence-corrected chi connectivity index (χ4v) is 2.26. The molecule has 1 rings (SSSR count). The van der Waals surface area contributed by atoms with E-state index in [1.165, 1.54) is 0 Å². The van der Waals surface area contributed by atoms with Crippen molar-refractivity contribution < 1.29 is 9.84 Å². The molecule has 2 nitrogen and oxygen atoms in total. The van der Waals surface area contributed by atoms with Crippen LogP contribution in [-0.2, 0) is 4.74 Å². The first-order chi connectivity index (χ1) is 5.90. The summed E-state index contributed by atoms with van der Waals surface area (Å²) in [7, 11) is 0. The second-order valence-electron chi connectivity index (χ2n) is 4.63. The van der Waals surface area contributed by atoms with Gasteiger partial charge in [0.25, 0.3) is 0 Å². The van der Waals surface area contributed by atoms with Gasteiger partial charge in [0.15, 0.2) is 5.79 Å². The number of hydrogen-bond donors (Lipinski definition) is 1. The lowest BCUT2D eigenvalue weighted by molar-refractivity contribution is -0.296. The van der Waals surface area contributed by atoms with Crippen molar-refractivity contribution in [2.45, 2.75) is 52.9 Å². The van der Waals surface area contributed by atoms with Crippen LogP contribution in [0.2, 0.25) is 0 Å². The van der Waals surface area contributed by atoms with Crippen molar-refractivity contribution in [1.82, 2.24) is 0 Å². The van der Waals surface area contributed by atoms with Crippen LogP contribution in [0.4, 0.5) is 0 Å². The average Bonchev–Trinajstić information content (AvgIpc) is 2.08. The van der Waals surface area contributed by atoms with Crippen LogP contribution in [0.3, 0.4) is 0 Å². The highest BCUT2D eigenvalue weighted by atomic mass is 16.6. The largest absolute Gasteiger partial charge is 0.365 e. The third kappa shape index (κ3) is 1.89. The summed E-state index contributed by atoms with van der Waals surface area (Å²) in [5.74, 6) is 0.339. The van der Waals surface area contributed by atoms with Gasteiger partial charge in [0.05, 0.1) is 6.10 Å². The van der Waals surface area contributed by atoms with E-state index in [-0.39, 0.29) is 12.0 Å². The van der Waals surface area contributed by atoms with E-state index in [1.807, 2.05) is 0 Å². The van der Waals surface area contributed by atoms with Crippen LogP contribution in [0.15, 0.2) is 0 Å². The van der Waals surface area contributed by atoms with Gasteiger partial charge in [-0.1, -0.05) is 27.7 Å². The molecule has 1 saturated heterocycles. The van der Waals surface area contributed by atoms with E-state index >= 15 is 0 Å². The van der Waals surface area contributed by atoms with Crippen molar-refractivity contribution in [3.8, 4) is 0 Å². The summed E-state index contributed by atoms with van der Waals surface area (Å²) in [6, 6.07) is 0. The van der Waals surface area contributed by atoms with Gasteiger partial charge in [-0.15, -0.1) is 0 Å². The Morgan fingerprint density at radius 1 is 1.23 bits per heavy atom. The first-order valence-corrected chi connectivity index (χ1v) is 5.30. The first kappa shape index (κ1) is 11.0. The Morgan fingerprint density at radius 3 is 2.23 bits per heavy atom. The van der Waals surface area contributed by atoms with Crippen molar-refractivity contribution in [1.29, 1.82) is 0 Å². The molecule has 0 radical (unpaired) electrons. The Hall–Kier alpha value is -0.0800. The highest BCUT2D eigenvalue weighted by Crippen LogP contribution is 2.40. The predicted octanol–water partition coefficient (Wildman–Crippen LogP) is 2.41. The van der Waals surface area contributed by atoms with Gasteiger partial charge in [0.2, 0.25) is 0 Å². The second-order valence-corrected chi connectivity index (χ2v) is 4.63. The molecule has 0 aliphatic carbocycles. The Bertz CT molecular complexity index is 175. The molecule has 0 saturated carbocycles. The van der Waals surface area contributed by atoms with E-state index in [2.05, 4.69) is 27.7 Å². The zero-order valence-electron chi connectivity index (χ0n) is 9.37. The normalized spacial score (nSPS) is 52.2. The van der Waals surface area contributed by atoms with E-state index < -0.39 is 5.79 Å². The van der Waals surface area contributed by atoms with E-state index in [1.54, 1.807) is 6.92 Å². The Morgan fingerprint density at radius 2 is 1.77 bits per heavy atom. The zero-order valence-corrected chi connectivity index (χ0v) is 9.37. The maximum Gasteiger partial charge on any atom is 0.165 e. The van der Waals surface area contributed by atoms with Gasteiger partial charge in [0.1, 0.15) is 0 Å². The topological polar surface area (TPSA) is 29.5 Å². The van der Waals surface area contributed by atoms with Crippen LogP contribution >= 0.6 is 0 Å². The van der Waals surface area contributed by atoms with Gasteiger partial charge in [-0.2, -0.15) is 0 Å². The number of rotatable bonds is 1. The summed E-state index contributed by atoms with van der Waals surface area (Å²) in [6.07, 6.45) is 1.19. The number of aliphatic hydroxyl groups is 1. The maximum atomic E-state index is 10.0. The summed E-state index contributed by atoms with van der Waals surface area (Å²) in [4.78, 5) is 0. The van der Waals surface area contributed by atoms with Crippen LogP contribution in [-0.4, -0.2) is 17.0 Å². The predicted molar refractivity (Wildman–Crippen MR) is 53.3 cm³/mol. The van der Waals surface area contributed by atoms with E-state index in [0.29, 0.717) is 11.8 Å². The summed E-state index contributed by atoms with van der Waals surface area (Å²) in [5, 5.41) is 10.0. The average molecular weight is 186 g/mol. The quantitative estimate of drug-likeness (QED) is 0.681. The molecule has 5 atom stereocenters. The van der Waals surface area contributed by atoms with E-state index in [4.69, 9.17) is 4.74 Å². The van der Waals surface area contributed by atoms with Crippen molar-refractivity contribution in [3.63, 3.8) is 0 Å². The molecule has 2 heteroatoms. The van der Waals surface area contributed by atoms with E-state index in [0.717, 1.165) is 6.42 Å². The molecule has 13 heavy (non-hydrogen) atoms. The molecule has 0 aromatic heterocycles. The lowest BCUT2D eigenvalue weighted by atomic mass is 9.75. The highest BCUT2D eigenvalue weighted by molar-refractivity contribution is 4.87. The number of hydrogen-bond acceptors (Lipinski definition) is 2. The van der Waals surface area contributed by atoms with Crippen molar-refractivity contribution in [3.05, 3.63) is 0 Å². The standard InChI is InChI=1S/C11H22O2/c1-6-10-8(3)7(2)9(4)11(5,12)13-10/h7-10,12H,6H2,1-5H3/t7-,8-,9+,10+,11?/m0/s1. The maximum absolute atomic E-state index is 10.0. The molecule has 1 heterocycles. The van der Waals surface area contributed by atoms with Crippen molar-refractivity contribution >= 4 is 0 Å². The lowest BCUT2D eigenvalue weighted by Gasteiger charge is -2.47. The molecular formula is C11H22O2. The van der Waals surface area contributed by atoms with Crippen molar-refractivity contribution in [2.24, 2.45) is 17.8 Å². The molecule has 0 aromatic rings. The fourth-order valence-electron chi connectivity index (χ4n) is 2.26. The molecule has 0 amide bonds. The third-order valence-corrected chi connectivity index (χ3v) is 3.84. The highest BCUT2D eigenvalue weighted by Gasteiger charge is 2.44. The Kier molecular flexibility index (Phi) is 3.03. The summed E-state index contributed by atoms with van der Waals surface area (Å²) >= 11 is 0. The second kappa shape index (κ2) is 3.58. The summed E-state index contributed by atoms with van der Waals surface area (Å²) in [5.41, 5.74) is 0. The van der Waals surface area contributed by atoms with Crippen LogP contribution < -0.4 is 0 Å². The van der Waals surface area contributed by atoms with Gasteiger partial charge < -0.3 is 9.84 Å². The van der Waals surface area contributed by atoms with Gasteiger partial charge in [-0.3, -0.25) is 0 Å². The Labute approximate surface area is 81.3 Å². The molecular weight excluding hydrogens is 164 g/mol. The molecule has 1 aliphatic rings. The summed E-state index contributed by atoms with van der Waals surface area (Å²) in [6.45, 7) is 10.4. The molecule has 0 aromatic carbocycles. The van der Waals surface area contributed by atoms with Gasteiger partial charge in [0, 0.05) is 5.92 Å². The minimum Gasteiger partial charge on any atom is -0.365 e. The fraction of sp³-hybridized carbons (Fsp3) is 1.00. The van der Waals surface area contributed by atoms with Crippen LogP contribution in [0.5, 0.6) is 0 Å². The first-order valence-electron chi connectivity index (χ1n) is 5.30. The minimum absolute atomic E-state index is 0.209. The SMILES string of the molecule is CC[C@H]1OC(C)(O)[C@H](C)[C@@H](C)[C@@H]1C. The van der Waals surface area contributed by atoms with Crippen molar-refractivity contribution in [2.75, 3.05) is 0 Å². The molecule has 1 fully saturated rings.